The molecule has 0 unspecified atom stereocenters. The van der Waals surface area contributed by atoms with E-state index in [1.807, 2.05) is 68.4 Å². The van der Waals surface area contributed by atoms with Crippen molar-refractivity contribution < 1.29 is 18.0 Å². The van der Waals surface area contributed by atoms with E-state index >= 15 is 0 Å². The molecule has 4 aromatic carbocycles. The van der Waals surface area contributed by atoms with E-state index < -0.39 is 28.5 Å². The van der Waals surface area contributed by atoms with Crippen molar-refractivity contribution in [3.63, 3.8) is 0 Å². The predicted molar refractivity (Wildman–Crippen MR) is 182 cm³/mol. The van der Waals surface area contributed by atoms with Gasteiger partial charge in [0.05, 0.1) is 10.6 Å². The van der Waals surface area contributed by atoms with E-state index in [0.717, 1.165) is 30.8 Å². The second-order valence-electron chi connectivity index (χ2n) is 10.5. The average molecular weight is 742 g/mol. The highest BCUT2D eigenvalue weighted by Gasteiger charge is 2.35. The van der Waals surface area contributed by atoms with E-state index in [9.17, 15) is 18.0 Å². The Labute approximate surface area is 276 Å². The van der Waals surface area contributed by atoms with Crippen molar-refractivity contribution >= 4 is 59.4 Å². The minimum Gasteiger partial charge on any atom is -0.352 e. The Morgan fingerprint density at radius 2 is 1.41 bits per heavy atom. The predicted octanol–water partition coefficient (Wildman–Crippen LogP) is 6.96. The number of nitrogens with zero attached hydrogens (tertiary/aromatic N) is 2. The average Bonchev–Trinajstić information content (AvgIpc) is 3.02. The van der Waals surface area contributed by atoms with Crippen molar-refractivity contribution in [1.82, 2.24) is 10.2 Å². The molecule has 7 nitrogen and oxygen atoms in total. The summed E-state index contributed by atoms with van der Waals surface area (Å²) in [5, 5.41) is 3.05. The van der Waals surface area contributed by atoms with Gasteiger partial charge in [-0.3, -0.25) is 13.9 Å². The maximum Gasteiger partial charge on any atom is 0.264 e. The van der Waals surface area contributed by atoms with E-state index in [1.165, 1.54) is 17.0 Å². The first-order chi connectivity index (χ1) is 21.1. The van der Waals surface area contributed by atoms with Crippen molar-refractivity contribution in [2.45, 2.75) is 50.2 Å². The molecule has 2 amide bonds. The molecule has 0 heterocycles. The largest absolute Gasteiger partial charge is 0.352 e. The zero-order valence-corrected chi connectivity index (χ0v) is 28.6. The van der Waals surface area contributed by atoms with E-state index in [4.69, 9.17) is 0 Å². The lowest BCUT2D eigenvalue weighted by molar-refractivity contribution is -0.140. The molecule has 4 rings (SSSR count). The number of halogens is 2. The second kappa shape index (κ2) is 15.5. The summed E-state index contributed by atoms with van der Waals surface area (Å²) in [5.74, 6) is -0.805. The Kier molecular flexibility index (Phi) is 11.8. The van der Waals surface area contributed by atoms with Crippen LogP contribution in [0.1, 0.15) is 31.4 Å². The number of rotatable bonds is 13. The number of hydrogen-bond donors (Lipinski definition) is 1. The van der Waals surface area contributed by atoms with Crippen molar-refractivity contribution in [2.24, 2.45) is 0 Å². The van der Waals surface area contributed by atoms with Gasteiger partial charge in [0.2, 0.25) is 11.8 Å². The molecule has 0 aliphatic carbocycles. The smallest absolute Gasteiger partial charge is 0.264 e. The number of sulfonamides is 1. The van der Waals surface area contributed by atoms with Crippen LogP contribution in [0.4, 0.5) is 5.69 Å². The van der Waals surface area contributed by atoms with Crippen LogP contribution in [-0.4, -0.2) is 43.8 Å². The van der Waals surface area contributed by atoms with E-state index in [2.05, 4.69) is 37.2 Å². The molecule has 0 saturated heterocycles. The molecule has 0 fully saturated rings. The van der Waals surface area contributed by atoms with Crippen LogP contribution < -0.4 is 9.62 Å². The third-order valence-corrected chi connectivity index (χ3v) is 10.0. The summed E-state index contributed by atoms with van der Waals surface area (Å²) in [5.41, 5.74) is 2.00. The third-order valence-electron chi connectivity index (χ3n) is 7.24. The summed E-state index contributed by atoms with van der Waals surface area (Å²) < 4.78 is 30.7. The van der Waals surface area contributed by atoms with Crippen LogP contribution in [0.2, 0.25) is 0 Å². The fourth-order valence-electron chi connectivity index (χ4n) is 4.68. The first-order valence-corrected chi connectivity index (χ1v) is 17.3. The lowest BCUT2D eigenvalue weighted by atomic mass is 10.0. The molecule has 10 heteroatoms. The summed E-state index contributed by atoms with van der Waals surface area (Å²) in [6, 6.07) is 30.8. The van der Waals surface area contributed by atoms with Crippen molar-refractivity contribution in [3.05, 3.63) is 129 Å². The van der Waals surface area contributed by atoms with Gasteiger partial charge >= 0.3 is 0 Å². The molecule has 1 N–H and O–H groups in total. The molecular formula is C34H35Br2N3O4S. The highest BCUT2D eigenvalue weighted by Crippen LogP contribution is 2.27. The van der Waals surface area contributed by atoms with E-state index in [1.54, 1.807) is 42.5 Å². The van der Waals surface area contributed by atoms with Gasteiger partial charge in [-0.05, 0) is 73.0 Å². The number of carbonyl (C=O) groups is 2. The summed E-state index contributed by atoms with van der Waals surface area (Å²) in [4.78, 5) is 29.9. The van der Waals surface area contributed by atoms with Gasteiger partial charge in [-0.2, -0.15) is 0 Å². The summed E-state index contributed by atoms with van der Waals surface area (Å²) in [6.07, 6.45) is 0.975. The van der Waals surface area contributed by atoms with Gasteiger partial charge in [0.1, 0.15) is 12.6 Å². The SMILES string of the molecule is CC[C@@H](C)NC(=O)[C@@H](Cc1ccccc1)N(Cc1cccc(Br)c1)C(=O)CN(c1ccc(Br)cc1)S(=O)(=O)c1ccccc1. The number of benzene rings is 4. The van der Waals surface area contributed by atoms with Crippen LogP contribution >= 0.6 is 31.9 Å². The van der Waals surface area contributed by atoms with Crippen LogP contribution in [0.5, 0.6) is 0 Å². The Hall–Kier alpha value is -3.47. The molecule has 0 aliphatic heterocycles. The van der Waals surface area contributed by atoms with Gasteiger partial charge in [-0.1, -0.05) is 99.4 Å². The standard InChI is InChI=1S/C34H35Br2N3O4S/c1-3-25(2)37-34(41)32(22-26-11-6-4-7-12-26)38(23-27-13-10-14-29(36)21-27)33(40)24-39(30-19-17-28(35)18-20-30)44(42,43)31-15-8-5-9-16-31/h4-21,25,32H,3,22-24H2,1-2H3,(H,37,41)/t25-,32-/m1/s1. The molecule has 4 aromatic rings. The fourth-order valence-corrected chi connectivity index (χ4v) is 6.83. The summed E-state index contributed by atoms with van der Waals surface area (Å²) >= 11 is 6.91. The number of amides is 2. The number of nitrogens with one attached hydrogen (secondary N) is 1. The first kappa shape index (κ1) is 33.4. The maximum atomic E-state index is 14.5. The van der Waals surface area contributed by atoms with Crippen LogP contribution in [0, 0.1) is 0 Å². The molecular weight excluding hydrogens is 706 g/mol. The third kappa shape index (κ3) is 8.80. The molecule has 0 radical (unpaired) electrons. The van der Waals surface area contributed by atoms with Crippen LogP contribution in [0.25, 0.3) is 0 Å². The van der Waals surface area contributed by atoms with Gasteiger partial charge < -0.3 is 10.2 Å². The molecule has 0 spiro atoms. The molecule has 0 bridgehead atoms. The van der Waals surface area contributed by atoms with Crippen LogP contribution in [0.15, 0.2) is 123 Å². The molecule has 0 aromatic heterocycles. The van der Waals surface area contributed by atoms with Gasteiger partial charge in [0.15, 0.2) is 0 Å². The van der Waals surface area contributed by atoms with Crippen LogP contribution in [-0.2, 0) is 32.6 Å². The summed E-state index contributed by atoms with van der Waals surface area (Å²) in [7, 11) is -4.14. The number of hydrogen-bond acceptors (Lipinski definition) is 4. The van der Waals surface area contributed by atoms with Crippen molar-refractivity contribution in [2.75, 3.05) is 10.8 Å². The van der Waals surface area contributed by atoms with Gasteiger partial charge in [-0.15, -0.1) is 0 Å². The van der Waals surface area contributed by atoms with Crippen molar-refractivity contribution in [1.29, 1.82) is 0 Å². The minimum atomic E-state index is -4.14. The Morgan fingerprint density at radius 1 is 0.795 bits per heavy atom. The molecule has 0 aliphatic rings. The highest BCUT2D eigenvalue weighted by molar-refractivity contribution is 9.10. The Bertz CT molecular complexity index is 1650. The van der Waals surface area contributed by atoms with E-state index in [0.29, 0.717) is 5.69 Å². The molecule has 230 valence electrons. The van der Waals surface area contributed by atoms with Crippen LogP contribution in [0.3, 0.4) is 0 Å². The number of anilines is 1. The molecule has 44 heavy (non-hydrogen) atoms. The van der Waals surface area contributed by atoms with Gasteiger partial charge in [-0.25, -0.2) is 8.42 Å². The minimum absolute atomic E-state index is 0.0598. The molecule has 2 atom stereocenters. The first-order valence-electron chi connectivity index (χ1n) is 14.3. The van der Waals surface area contributed by atoms with Gasteiger partial charge in [0.25, 0.3) is 10.0 Å². The quantitative estimate of drug-likeness (QED) is 0.161. The number of carbonyl (C=O) groups excluding carboxylic acids is 2. The maximum absolute atomic E-state index is 14.5. The second-order valence-corrected chi connectivity index (χ2v) is 14.2. The lowest BCUT2D eigenvalue weighted by Gasteiger charge is -2.34. The highest BCUT2D eigenvalue weighted by atomic mass is 79.9. The monoisotopic (exact) mass is 739 g/mol. The van der Waals surface area contributed by atoms with E-state index in [-0.39, 0.29) is 29.8 Å². The summed E-state index contributed by atoms with van der Waals surface area (Å²) in [6.45, 7) is 3.49. The zero-order chi connectivity index (χ0) is 31.7. The lowest BCUT2D eigenvalue weighted by Crippen LogP contribution is -2.54. The van der Waals surface area contributed by atoms with Gasteiger partial charge in [0, 0.05) is 28.0 Å². The topological polar surface area (TPSA) is 86.8 Å². The Balaban J connectivity index is 1.80. The zero-order valence-electron chi connectivity index (χ0n) is 24.6. The van der Waals surface area contributed by atoms with Crippen molar-refractivity contribution in [3.8, 4) is 0 Å². The normalized spacial score (nSPS) is 12.6. The Morgan fingerprint density at radius 3 is 2.02 bits per heavy atom. The molecule has 0 saturated carbocycles. The fraction of sp³-hybridized carbons (Fsp3) is 0.235.